The quantitative estimate of drug-likeness (QED) is 0.746. The summed E-state index contributed by atoms with van der Waals surface area (Å²) < 4.78 is 5.53. The zero-order valence-electron chi connectivity index (χ0n) is 8.88. The number of ketones is 1. The van der Waals surface area contributed by atoms with Crippen molar-refractivity contribution in [3.63, 3.8) is 0 Å². The number of rotatable bonds is 0. The zero-order valence-corrected chi connectivity index (χ0v) is 8.88. The van der Waals surface area contributed by atoms with Crippen molar-refractivity contribution in [3.05, 3.63) is 53.3 Å². The molecule has 4 heteroatoms. The predicted octanol–water partition coefficient (Wildman–Crippen LogP) is 1.91. The number of nitrogens with zero attached hydrogens (tertiary/aromatic N) is 1. The molecule has 0 saturated carbocycles. The van der Waals surface area contributed by atoms with E-state index in [2.05, 4.69) is 4.98 Å². The first kappa shape index (κ1) is 9.84. The van der Waals surface area contributed by atoms with Gasteiger partial charge in [-0.25, -0.2) is 0 Å². The second-order valence-electron chi connectivity index (χ2n) is 3.81. The number of hydrogen-bond acceptors (Lipinski definition) is 4. The van der Waals surface area contributed by atoms with Crippen LogP contribution in [0.3, 0.4) is 0 Å². The number of fused-ring (bicyclic) bond motifs is 2. The standard InChI is InChI=1S/C13H9NO3/c15-9-3-4-11-10(6-9)13(16)12-8(7-17-11)2-1-5-14-12/h1-6,15H,7H2. The number of carbonyl (C=O) groups is 1. The number of phenolic OH excluding ortho intramolecular Hbond substituents is 1. The Kier molecular flexibility index (Phi) is 2.08. The molecule has 1 N–H and O–H groups in total. The maximum absolute atomic E-state index is 12.2. The molecule has 1 aliphatic heterocycles. The number of phenols is 1. The van der Waals surface area contributed by atoms with Crippen molar-refractivity contribution in [3.8, 4) is 11.5 Å². The van der Waals surface area contributed by atoms with E-state index >= 15 is 0 Å². The number of aromatic hydroxyl groups is 1. The van der Waals surface area contributed by atoms with Crippen LogP contribution in [0.5, 0.6) is 11.5 Å². The van der Waals surface area contributed by atoms with Gasteiger partial charge in [-0.1, -0.05) is 6.07 Å². The third-order valence-corrected chi connectivity index (χ3v) is 2.70. The Morgan fingerprint density at radius 2 is 2.18 bits per heavy atom. The molecular formula is C13H9NO3. The van der Waals surface area contributed by atoms with E-state index in [1.165, 1.54) is 12.1 Å². The summed E-state index contributed by atoms with van der Waals surface area (Å²) in [6.07, 6.45) is 1.57. The van der Waals surface area contributed by atoms with Crippen molar-refractivity contribution in [2.45, 2.75) is 6.61 Å². The van der Waals surface area contributed by atoms with Crippen molar-refractivity contribution in [1.29, 1.82) is 0 Å². The Hall–Kier alpha value is -2.36. The summed E-state index contributed by atoms with van der Waals surface area (Å²) in [5.74, 6) is 0.301. The van der Waals surface area contributed by atoms with Gasteiger partial charge in [-0.3, -0.25) is 9.78 Å². The smallest absolute Gasteiger partial charge is 0.215 e. The lowest BCUT2D eigenvalue weighted by Crippen LogP contribution is -2.05. The van der Waals surface area contributed by atoms with Gasteiger partial charge in [0.1, 0.15) is 23.8 Å². The Morgan fingerprint density at radius 1 is 1.29 bits per heavy atom. The highest BCUT2D eigenvalue weighted by atomic mass is 16.5. The summed E-state index contributed by atoms with van der Waals surface area (Å²) in [5, 5.41) is 9.42. The van der Waals surface area contributed by atoms with Crippen LogP contribution in [0, 0.1) is 0 Å². The second-order valence-corrected chi connectivity index (χ2v) is 3.81. The Labute approximate surface area is 97.5 Å². The summed E-state index contributed by atoms with van der Waals surface area (Å²) in [6, 6.07) is 8.07. The summed E-state index contributed by atoms with van der Waals surface area (Å²) >= 11 is 0. The first-order valence-corrected chi connectivity index (χ1v) is 5.20. The van der Waals surface area contributed by atoms with Gasteiger partial charge in [0.2, 0.25) is 5.78 Å². The molecular weight excluding hydrogens is 218 g/mol. The maximum Gasteiger partial charge on any atom is 0.215 e. The monoisotopic (exact) mass is 227 g/mol. The van der Waals surface area contributed by atoms with Crippen molar-refractivity contribution < 1.29 is 14.6 Å². The molecule has 0 fully saturated rings. The molecule has 3 rings (SSSR count). The van der Waals surface area contributed by atoms with E-state index in [9.17, 15) is 9.90 Å². The maximum atomic E-state index is 12.2. The van der Waals surface area contributed by atoms with E-state index in [0.29, 0.717) is 23.6 Å². The Morgan fingerprint density at radius 3 is 3.06 bits per heavy atom. The summed E-state index contributed by atoms with van der Waals surface area (Å²) in [6.45, 7) is 0.312. The van der Waals surface area contributed by atoms with Crippen molar-refractivity contribution in [2.24, 2.45) is 0 Å². The minimum absolute atomic E-state index is 0.0417. The molecule has 4 nitrogen and oxygen atoms in total. The Bertz CT molecular complexity index is 607. The van der Waals surface area contributed by atoms with Gasteiger partial charge in [0.15, 0.2) is 0 Å². The van der Waals surface area contributed by atoms with Crippen LogP contribution in [0.1, 0.15) is 21.6 Å². The summed E-state index contributed by atoms with van der Waals surface area (Å²) in [4.78, 5) is 16.3. The minimum atomic E-state index is -0.219. The molecule has 0 aliphatic carbocycles. The SMILES string of the molecule is O=C1c2cc(O)ccc2OCc2cccnc21. The summed E-state index contributed by atoms with van der Waals surface area (Å²) in [5.41, 5.74) is 1.49. The molecule has 2 aromatic rings. The number of carbonyl (C=O) groups excluding carboxylic acids is 1. The number of ether oxygens (including phenoxy) is 1. The third-order valence-electron chi connectivity index (χ3n) is 2.70. The predicted molar refractivity (Wildman–Crippen MR) is 60.1 cm³/mol. The van der Waals surface area contributed by atoms with E-state index in [1.54, 1.807) is 18.3 Å². The van der Waals surface area contributed by atoms with Crippen LogP contribution in [0.15, 0.2) is 36.5 Å². The van der Waals surface area contributed by atoms with Crippen LogP contribution in [-0.2, 0) is 6.61 Å². The normalized spacial score (nSPS) is 13.3. The van der Waals surface area contributed by atoms with Crippen LogP contribution in [0.4, 0.5) is 0 Å². The zero-order chi connectivity index (χ0) is 11.8. The van der Waals surface area contributed by atoms with Crippen molar-refractivity contribution >= 4 is 5.78 Å². The average Bonchev–Trinajstić information content (AvgIpc) is 2.49. The van der Waals surface area contributed by atoms with Crippen molar-refractivity contribution in [1.82, 2.24) is 4.98 Å². The molecule has 0 amide bonds. The van der Waals surface area contributed by atoms with E-state index in [-0.39, 0.29) is 11.5 Å². The van der Waals surface area contributed by atoms with Crippen LogP contribution < -0.4 is 4.74 Å². The first-order valence-electron chi connectivity index (χ1n) is 5.20. The lowest BCUT2D eigenvalue weighted by molar-refractivity contribution is 0.103. The molecule has 0 spiro atoms. The van der Waals surface area contributed by atoms with Gasteiger partial charge in [0.25, 0.3) is 0 Å². The lowest BCUT2D eigenvalue weighted by Gasteiger charge is -2.05. The molecule has 0 atom stereocenters. The lowest BCUT2D eigenvalue weighted by atomic mass is 10.0. The van der Waals surface area contributed by atoms with E-state index in [1.807, 2.05) is 6.07 Å². The molecule has 0 saturated heterocycles. The average molecular weight is 227 g/mol. The van der Waals surface area contributed by atoms with Gasteiger partial charge >= 0.3 is 0 Å². The van der Waals surface area contributed by atoms with Gasteiger partial charge in [-0.05, 0) is 24.3 Å². The van der Waals surface area contributed by atoms with Gasteiger partial charge < -0.3 is 9.84 Å². The molecule has 0 unspecified atom stereocenters. The molecule has 84 valence electrons. The van der Waals surface area contributed by atoms with Crippen LogP contribution >= 0.6 is 0 Å². The van der Waals surface area contributed by atoms with Gasteiger partial charge in [0, 0.05) is 11.8 Å². The third kappa shape index (κ3) is 1.54. The highest BCUT2D eigenvalue weighted by Crippen LogP contribution is 2.29. The molecule has 2 heterocycles. The molecule has 0 bridgehead atoms. The molecule has 17 heavy (non-hydrogen) atoms. The highest BCUT2D eigenvalue weighted by molar-refractivity contribution is 6.10. The van der Waals surface area contributed by atoms with Crippen LogP contribution in [0.2, 0.25) is 0 Å². The molecule has 0 radical (unpaired) electrons. The minimum Gasteiger partial charge on any atom is -0.508 e. The van der Waals surface area contributed by atoms with E-state index < -0.39 is 0 Å². The number of aromatic nitrogens is 1. The fourth-order valence-corrected chi connectivity index (χ4v) is 1.86. The highest BCUT2D eigenvalue weighted by Gasteiger charge is 2.23. The summed E-state index contributed by atoms with van der Waals surface area (Å²) in [7, 11) is 0. The van der Waals surface area contributed by atoms with E-state index in [0.717, 1.165) is 5.56 Å². The largest absolute Gasteiger partial charge is 0.508 e. The van der Waals surface area contributed by atoms with Crippen LogP contribution in [-0.4, -0.2) is 15.9 Å². The Balaban J connectivity index is 2.22. The van der Waals surface area contributed by atoms with Gasteiger partial charge in [-0.15, -0.1) is 0 Å². The number of pyridine rings is 1. The first-order chi connectivity index (χ1) is 8.25. The van der Waals surface area contributed by atoms with Gasteiger partial charge in [0.05, 0.1) is 5.56 Å². The fourth-order valence-electron chi connectivity index (χ4n) is 1.86. The number of benzene rings is 1. The number of hydrogen-bond donors (Lipinski definition) is 1. The molecule has 1 aliphatic rings. The molecule has 1 aromatic carbocycles. The van der Waals surface area contributed by atoms with Crippen molar-refractivity contribution in [2.75, 3.05) is 0 Å². The second kappa shape index (κ2) is 3.59. The fraction of sp³-hybridized carbons (Fsp3) is 0.0769. The van der Waals surface area contributed by atoms with Gasteiger partial charge in [-0.2, -0.15) is 0 Å². The van der Waals surface area contributed by atoms with Crippen LogP contribution in [0.25, 0.3) is 0 Å². The topological polar surface area (TPSA) is 59.4 Å². The van der Waals surface area contributed by atoms with E-state index in [4.69, 9.17) is 4.74 Å². The molecule has 1 aromatic heterocycles.